The molecule has 10 atom stereocenters. The van der Waals surface area contributed by atoms with Gasteiger partial charge < -0.3 is 39.6 Å². The molecule has 14 nitrogen and oxygen atoms in total. The van der Waals surface area contributed by atoms with Gasteiger partial charge in [0.05, 0.1) is 32.2 Å². The quantitative estimate of drug-likeness (QED) is 0.199. The summed E-state index contributed by atoms with van der Waals surface area (Å²) in [7, 11) is 1.16. The highest BCUT2D eigenvalue weighted by Crippen LogP contribution is 2.72. The first-order valence-corrected chi connectivity index (χ1v) is 14.4. The van der Waals surface area contributed by atoms with Crippen LogP contribution in [-0.4, -0.2) is 89.5 Å². The van der Waals surface area contributed by atoms with Gasteiger partial charge >= 0.3 is 29.8 Å². The van der Waals surface area contributed by atoms with E-state index in [9.17, 15) is 33.9 Å². The van der Waals surface area contributed by atoms with Crippen LogP contribution in [0, 0.1) is 28.6 Å². The summed E-state index contributed by atoms with van der Waals surface area (Å²) in [6, 6.07) is -1.50. The summed E-state index contributed by atoms with van der Waals surface area (Å²) >= 11 is 0. The Bertz CT molecular complexity index is 1400. The fraction of sp³-hybridized carbons (Fsp3) is 0.667. The number of ether oxygens (including phenoxy) is 5. The van der Waals surface area contributed by atoms with Gasteiger partial charge in [0.2, 0.25) is 6.10 Å². The van der Waals surface area contributed by atoms with Crippen LogP contribution in [0.1, 0.15) is 53.4 Å². The third kappa shape index (κ3) is 4.48. The molecule has 0 aromatic heterocycles. The first-order chi connectivity index (χ1) is 20.5. The van der Waals surface area contributed by atoms with E-state index < -0.39 is 101 Å². The zero-order valence-corrected chi connectivity index (χ0v) is 25.1. The molecule has 240 valence electrons. The summed E-state index contributed by atoms with van der Waals surface area (Å²) < 4.78 is 28.3. The Kier molecular flexibility index (Phi) is 7.78. The molecule has 2 aliphatic heterocycles. The maximum Gasteiger partial charge on any atom is 0.348 e. The van der Waals surface area contributed by atoms with Crippen molar-refractivity contribution in [2.45, 2.75) is 83.3 Å². The van der Waals surface area contributed by atoms with Gasteiger partial charge in [-0.25, -0.2) is 19.2 Å². The van der Waals surface area contributed by atoms with E-state index >= 15 is 0 Å². The average Bonchev–Trinajstić information content (AvgIpc) is 3.16. The number of carboxylic acids is 1. The summed E-state index contributed by atoms with van der Waals surface area (Å²) in [6.07, 6.45) is -3.61. The third-order valence-electron chi connectivity index (χ3n) is 10.2. The van der Waals surface area contributed by atoms with Crippen LogP contribution in [-0.2, 0) is 52.5 Å². The van der Waals surface area contributed by atoms with E-state index in [1.807, 2.05) is 6.92 Å². The number of allylic oxidation sites excluding steroid dienone is 3. The second kappa shape index (κ2) is 10.8. The molecule has 3 aliphatic carbocycles. The normalized spacial score (nSPS) is 39.2. The Morgan fingerprint density at radius 2 is 1.86 bits per heavy atom. The van der Waals surface area contributed by atoms with Crippen LogP contribution in [0.2, 0.25) is 0 Å². The lowest BCUT2D eigenvalue weighted by atomic mass is 9.38. The van der Waals surface area contributed by atoms with Crippen molar-refractivity contribution in [2.75, 3.05) is 13.7 Å². The molecular weight excluding hydrogens is 582 g/mol. The molecule has 1 spiro atoms. The number of aliphatic hydroxyl groups excluding tert-OH is 1. The Balaban J connectivity index is 1.61. The number of methoxy groups -OCH3 is 1. The highest BCUT2D eigenvalue weighted by molar-refractivity contribution is 5.99. The molecule has 2 bridgehead atoms. The number of carboxylic acid groups (broad SMARTS) is 1. The number of fused-ring (bicyclic) bond motifs is 2. The summed E-state index contributed by atoms with van der Waals surface area (Å²) in [5.74, 6) is -8.20. The van der Waals surface area contributed by atoms with Crippen LogP contribution < -0.4 is 5.73 Å². The molecule has 5 rings (SSSR count). The lowest BCUT2D eigenvalue weighted by Gasteiger charge is -2.66. The number of hydrogen-bond acceptors (Lipinski definition) is 13. The second-order valence-corrected chi connectivity index (χ2v) is 13.0. The topological polar surface area (TPSA) is 215 Å². The van der Waals surface area contributed by atoms with Crippen LogP contribution in [0.4, 0.5) is 0 Å². The minimum absolute atomic E-state index is 0.110. The number of nitrogens with two attached hydrogens (primary N) is 1. The lowest BCUT2D eigenvalue weighted by molar-refractivity contribution is -0.269. The number of rotatable bonds is 7. The van der Waals surface area contributed by atoms with Gasteiger partial charge in [0.1, 0.15) is 12.1 Å². The van der Waals surface area contributed by atoms with Crippen molar-refractivity contribution in [2.24, 2.45) is 34.3 Å². The standard InChI is InChI=1S/C30H37NO13/c1-12(2)6-20(36)43-22-24-29-11-41-30(24,27(39)40-5)10-17(33)23(29)28(4)9-16(32)21(44-25(37)15(31)8-19(34)35)13(3)14(28)7-18(29)42-26(22)38/h6,14-15,17-18,22-24,33H,7-11,31H2,1-5H3,(H,34,35)/t14?,15-,17-,18+,22+,23?,24+,28-,29+,30+/m0/s1. The highest BCUT2D eigenvalue weighted by atomic mass is 16.6. The van der Waals surface area contributed by atoms with Crippen LogP contribution in [0.5, 0.6) is 0 Å². The minimum Gasteiger partial charge on any atom is -0.481 e. The second-order valence-electron chi connectivity index (χ2n) is 13.0. The van der Waals surface area contributed by atoms with Crippen molar-refractivity contribution in [3.05, 3.63) is 23.0 Å². The molecule has 0 radical (unpaired) electrons. The number of aliphatic carboxylic acids is 1. The molecule has 0 aromatic rings. The van der Waals surface area contributed by atoms with E-state index in [1.54, 1.807) is 20.8 Å². The first kappa shape index (κ1) is 31.8. The number of Topliss-reactive ketones (excluding diaryl/α,β-unsaturated/α-hetero) is 1. The van der Waals surface area contributed by atoms with Crippen LogP contribution in [0.15, 0.2) is 23.0 Å². The molecule has 0 amide bonds. The SMILES string of the molecule is COC(=O)[C@@]12C[C@H](O)C3[C@@]4(C)CC(=O)C(OC(=O)[C@@H](N)CC(=O)O)=C(C)C4C[C@H]4OC(=O)[C@H](OC(=O)C=C(C)C)[C@@H]1[C@@]34CO2. The van der Waals surface area contributed by atoms with Gasteiger partial charge in [0.25, 0.3) is 0 Å². The van der Waals surface area contributed by atoms with Crippen molar-refractivity contribution < 1.29 is 62.7 Å². The number of carbonyl (C=O) groups is 6. The zero-order valence-electron chi connectivity index (χ0n) is 25.1. The van der Waals surface area contributed by atoms with Gasteiger partial charge in [-0.05, 0) is 44.1 Å². The maximum absolute atomic E-state index is 13.6. The molecule has 2 heterocycles. The largest absolute Gasteiger partial charge is 0.481 e. The maximum atomic E-state index is 13.6. The Morgan fingerprint density at radius 1 is 1.18 bits per heavy atom. The number of esters is 4. The van der Waals surface area contributed by atoms with Crippen LogP contribution >= 0.6 is 0 Å². The lowest BCUT2D eigenvalue weighted by Crippen LogP contribution is -2.75. The zero-order chi connectivity index (χ0) is 32.5. The van der Waals surface area contributed by atoms with Crippen LogP contribution in [0.3, 0.4) is 0 Å². The first-order valence-electron chi connectivity index (χ1n) is 14.4. The fourth-order valence-corrected chi connectivity index (χ4v) is 8.86. The molecule has 14 heteroatoms. The van der Waals surface area contributed by atoms with E-state index in [2.05, 4.69) is 0 Å². The Morgan fingerprint density at radius 3 is 2.48 bits per heavy atom. The molecule has 44 heavy (non-hydrogen) atoms. The number of hydrogen-bond donors (Lipinski definition) is 3. The summed E-state index contributed by atoms with van der Waals surface area (Å²) in [4.78, 5) is 77.0. The van der Waals surface area contributed by atoms with Gasteiger partial charge in [-0.15, -0.1) is 0 Å². The van der Waals surface area contributed by atoms with Crippen molar-refractivity contribution in [3.8, 4) is 0 Å². The number of ketones is 1. The number of aliphatic hydroxyl groups is 1. The monoisotopic (exact) mass is 619 g/mol. The van der Waals surface area contributed by atoms with Gasteiger partial charge in [-0.2, -0.15) is 0 Å². The molecule has 0 aromatic carbocycles. The Hall–Kier alpha value is -3.62. The van der Waals surface area contributed by atoms with Crippen molar-refractivity contribution in [1.82, 2.24) is 0 Å². The molecule has 2 unspecified atom stereocenters. The molecule has 2 saturated carbocycles. The van der Waals surface area contributed by atoms with E-state index in [-0.39, 0.29) is 31.6 Å². The smallest absolute Gasteiger partial charge is 0.348 e. The molecule has 4 N–H and O–H groups in total. The van der Waals surface area contributed by atoms with Gasteiger partial charge in [0, 0.05) is 30.3 Å². The molecular formula is C30H37NO13. The third-order valence-corrected chi connectivity index (χ3v) is 10.2. The predicted octanol–water partition coefficient (Wildman–Crippen LogP) is 0.333. The van der Waals surface area contributed by atoms with Gasteiger partial charge in [-0.1, -0.05) is 12.5 Å². The van der Waals surface area contributed by atoms with Gasteiger partial charge in [-0.3, -0.25) is 9.59 Å². The molecule has 5 aliphatic rings. The van der Waals surface area contributed by atoms with E-state index in [0.717, 1.165) is 7.11 Å². The molecule has 4 fully saturated rings. The van der Waals surface area contributed by atoms with Crippen molar-refractivity contribution in [3.63, 3.8) is 0 Å². The minimum atomic E-state index is -1.83. The fourth-order valence-electron chi connectivity index (χ4n) is 8.86. The highest BCUT2D eigenvalue weighted by Gasteiger charge is 2.82. The number of carbonyl (C=O) groups excluding carboxylic acids is 5. The summed E-state index contributed by atoms with van der Waals surface area (Å²) in [5.41, 5.74) is 2.55. The van der Waals surface area contributed by atoms with E-state index in [4.69, 9.17) is 34.5 Å². The van der Waals surface area contributed by atoms with Crippen molar-refractivity contribution >= 4 is 35.6 Å². The average molecular weight is 620 g/mol. The molecule has 2 saturated heterocycles. The summed E-state index contributed by atoms with van der Waals surface area (Å²) in [6.45, 7) is 6.61. The van der Waals surface area contributed by atoms with Crippen molar-refractivity contribution in [1.29, 1.82) is 0 Å². The Labute approximate surface area is 252 Å². The van der Waals surface area contributed by atoms with Crippen LogP contribution in [0.25, 0.3) is 0 Å². The van der Waals surface area contributed by atoms with E-state index in [1.165, 1.54) is 6.08 Å². The summed E-state index contributed by atoms with van der Waals surface area (Å²) in [5, 5.41) is 20.8. The van der Waals surface area contributed by atoms with Gasteiger partial charge in [0.15, 0.2) is 17.1 Å². The van der Waals surface area contributed by atoms with E-state index in [0.29, 0.717) is 11.1 Å². The predicted molar refractivity (Wildman–Crippen MR) is 145 cm³/mol.